The number of nitro groups is 1. The van der Waals surface area contributed by atoms with Crippen molar-refractivity contribution in [2.45, 2.75) is 17.6 Å². The number of aryl methyl sites for hydroxylation is 1. The molecule has 0 bridgehead atoms. The molecule has 0 spiro atoms. The lowest BCUT2D eigenvalue weighted by Gasteiger charge is -2.05. The lowest BCUT2D eigenvalue weighted by atomic mass is 10.2. The van der Waals surface area contributed by atoms with E-state index in [0.29, 0.717) is 5.56 Å². The molecule has 0 unspecified atom stereocenters. The van der Waals surface area contributed by atoms with Crippen molar-refractivity contribution in [2.24, 2.45) is 0 Å². The van der Waals surface area contributed by atoms with E-state index in [0.717, 1.165) is 16.2 Å². The topological polar surface area (TPSA) is 66.9 Å². The van der Waals surface area contributed by atoms with E-state index >= 15 is 0 Å². The third-order valence-electron chi connectivity index (χ3n) is 2.77. The molecule has 2 aromatic rings. The molecule has 0 fully saturated rings. The first kappa shape index (κ1) is 14.1. The van der Waals surface area contributed by atoms with Gasteiger partial charge in [-0.2, -0.15) is 5.26 Å². The number of nitrogens with zero attached hydrogens (tertiary/aromatic N) is 2. The zero-order chi connectivity index (χ0) is 14.5. The molecule has 0 atom stereocenters. The minimum atomic E-state index is -0.490. The number of rotatable bonds is 4. The van der Waals surface area contributed by atoms with Crippen molar-refractivity contribution in [3.05, 3.63) is 69.3 Å². The molecule has 4 nitrogen and oxygen atoms in total. The molecular formula is C15H12N2O2S. The van der Waals surface area contributed by atoms with Crippen LogP contribution >= 0.6 is 11.8 Å². The number of hydrogen-bond donors (Lipinski definition) is 0. The van der Waals surface area contributed by atoms with Crippen molar-refractivity contribution < 1.29 is 4.92 Å². The maximum absolute atomic E-state index is 10.7. The quantitative estimate of drug-likeness (QED) is 0.482. The third kappa shape index (κ3) is 3.37. The van der Waals surface area contributed by atoms with Gasteiger partial charge in [0.15, 0.2) is 0 Å². The van der Waals surface area contributed by atoms with Crippen LogP contribution in [0.25, 0.3) is 0 Å². The molecule has 0 aromatic heterocycles. The maximum Gasteiger partial charge on any atom is 0.270 e. The minimum Gasteiger partial charge on any atom is -0.258 e. The average Bonchev–Trinajstić information content (AvgIpc) is 2.45. The number of nitro benzene ring substituents is 1. The van der Waals surface area contributed by atoms with Crippen LogP contribution in [-0.2, 0) is 5.75 Å². The van der Waals surface area contributed by atoms with E-state index < -0.39 is 4.92 Å². The summed E-state index contributed by atoms with van der Waals surface area (Å²) in [5.41, 5.74) is 2.64. The largest absolute Gasteiger partial charge is 0.270 e. The van der Waals surface area contributed by atoms with E-state index in [1.54, 1.807) is 6.07 Å². The van der Waals surface area contributed by atoms with E-state index in [-0.39, 0.29) is 5.69 Å². The second kappa shape index (κ2) is 6.22. The van der Waals surface area contributed by atoms with Crippen LogP contribution in [0, 0.1) is 28.4 Å². The van der Waals surface area contributed by atoms with Crippen molar-refractivity contribution in [1.82, 2.24) is 0 Å². The van der Waals surface area contributed by atoms with Crippen LogP contribution < -0.4 is 0 Å². The summed E-state index contributed by atoms with van der Waals surface area (Å²) in [6.45, 7) is 2.03. The zero-order valence-electron chi connectivity index (χ0n) is 10.9. The number of benzene rings is 2. The van der Waals surface area contributed by atoms with Gasteiger partial charge in [-0.15, -0.1) is 11.8 Å². The molecule has 2 aromatic carbocycles. The fourth-order valence-electron chi connectivity index (χ4n) is 1.81. The molecule has 100 valence electrons. The Labute approximate surface area is 121 Å². The molecule has 0 amide bonds. The molecule has 0 aliphatic carbocycles. The number of thioether (sulfide) groups is 1. The van der Waals surface area contributed by atoms with Gasteiger partial charge in [0.2, 0.25) is 0 Å². The molecule has 0 saturated carbocycles. The highest BCUT2D eigenvalue weighted by atomic mass is 32.2. The highest BCUT2D eigenvalue weighted by Crippen LogP contribution is 2.29. The van der Waals surface area contributed by atoms with Gasteiger partial charge in [-0.1, -0.05) is 29.8 Å². The summed E-state index contributed by atoms with van der Waals surface area (Å²) >= 11 is 1.51. The predicted octanol–water partition coefficient (Wildman–Crippen LogP) is 4.07. The van der Waals surface area contributed by atoms with E-state index in [1.807, 2.05) is 31.2 Å². The molecule has 2 rings (SSSR count). The van der Waals surface area contributed by atoms with Gasteiger partial charge in [0, 0.05) is 22.8 Å². The SMILES string of the molecule is Cc1cccc(CSc2ccc([N+](=O)[O-])cc2C#N)c1. The second-order valence-electron chi connectivity index (χ2n) is 4.33. The molecule has 0 aliphatic heterocycles. The minimum absolute atomic E-state index is 0.0542. The van der Waals surface area contributed by atoms with Crippen molar-refractivity contribution in [1.29, 1.82) is 5.26 Å². The van der Waals surface area contributed by atoms with Gasteiger partial charge in [-0.05, 0) is 18.6 Å². The number of hydrogen-bond acceptors (Lipinski definition) is 4. The van der Waals surface area contributed by atoms with Gasteiger partial charge in [0.05, 0.1) is 10.5 Å². The second-order valence-corrected chi connectivity index (χ2v) is 5.34. The van der Waals surface area contributed by atoms with Gasteiger partial charge in [0.1, 0.15) is 6.07 Å². The van der Waals surface area contributed by atoms with Crippen LogP contribution in [-0.4, -0.2) is 4.92 Å². The molecule has 0 heterocycles. The highest BCUT2D eigenvalue weighted by Gasteiger charge is 2.11. The molecule has 0 saturated heterocycles. The lowest BCUT2D eigenvalue weighted by molar-refractivity contribution is -0.384. The van der Waals surface area contributed by atoms with Crippen molar-refractivity contribution in [2.75, 3.05) is 0 Å². The summed E-state index contributed by atoms with van der Waals surface area (Å²) in [7, 11) is 0. The average molecular weight is 284 g/mol. The van der Waals surface area contributed by atoms with Gasteiger partial charge in [0.25, 0.3) is 5.69 Å². The summed E-state index contributed by atoms with van der Waals surface area (Å²) in [5.74, 6) is 0.730. The molecule has 5 heteroatoms. The van der Waals surface area contributed by atoms with E-state index in [4.69, 9.17) is 5.26 Å². The zero-order valence-corrected chi connectivity index (χ0v) is 11.7. The Hall–Kier alpha value is -2.32. The first-order chi connectivity index (χ1) is 9.60. The molecule has 0 N–H and O–H groups in total. The summed E-state index contributed by atoms with van der Waals surface area (Å²) < 4.78 is 0. The highest BCUT2D eigenvalue weighted by molar-refractivity contribution is 7.98. The Bertz CT molecular complexity index is 693. The van der Waals surface area contributed by atoms with Crippen LogP contribution in [0.1, 0.15) is 16.7 Å². The van der Waals surface area contributed by atoms with Crippen molar-refractivity contribution >= 4 is 17.4 Å². The fraction of sp³-hybridized carbons (Fsp3) is 0.133. The van der Waals surface area contributed by atoms with Crippen LogP contribution in [0.4, 0.5) is 5.69 Å². The smallest absolute Gasteiger partial charge is 0.258 e. The molecule has 0 radical (unpaired) electrons. The summed E-state index contributed by atoms with van der Waals surface area (Å²) in [4.78, 5) is 11.0. The summed E-state index contributed by atoms with van der Waals surface area (Å²) in [6, 6.07) is 14.5. The van der Waals surface area contributed by atoms with Crippen molar-refractivity contribution in [3.8, 4) is 6.07 Å². The van der Waals surface area contributed by atoms with Crippen LogP contribution in [0.15, 0.2) is 47.4 Å². The fourth-order valence-corrected chi connectivity index (χ4v) is 2.73. The summed E-state index contributed by atoms with van der Waals surface area (Å²) in [6.07, 6.45) is 0. The lowest BCUT2D eigenvalue weighted by Crippen LogP contribution is -1.90. The predicted molar refractivity (Wildman–Crippen MR) is 78.6 cm³/mol. The molecule has 0 aliphatic rings. The van der Waals surface area contributed by atoms with Crippen LogP contribution in [0.5, 0.6) is 0 Å². The first-order valence-electron chi connectivity index (χ1n) is 5.97. The van der Waals surface area contributed by atoms with E-state index in [1.165, 1.54) is 29.5 Å². The number of nitriles is 1. The van der Waals surface area contributed by atoms with Gasteiger partial charge in [-0.25, -0.2) is 0 Å². The first-order valence-corrected chi connectivity index (χ1v) is 6.95. The Morgan fingerprint density at radius 2 is 2.10 bits per heavy atom. The van der Waals surface area contributed by atoms with Crippen LogP contribution in [0.3, 0.4) is 0 Å². The monoisotopic (exact) mass is 284 g/mol. The third-order valence-corrected chi connectivity index (χ3v) is 3.92. The Kier molecular flexibility index (Phi) is 4.38. The maximum atomic E-state index is 10.7. The van der Waals surface area contributed by atoms with Gasteiger partial charge >= 0.3 is 0 Å². The Morgan fingerprint density at radius 1 is 1.30 bits per heavy atom. The van der Waals surface area contributed by atoms with E-state index in [2.05, 4.69) is 6.07 Å². The normalized spacial score (nSPS) is 10.0. The Morgan fingerprint density at radius 3 is 2.75 bits per heavy atom. The van der Waals surface area contributed by atoms with Gasteiger partial charge in [-0.3, -0.25) is 10.1 Å². The molecular weight excluding hydrogens is 272 g/mol. The van der Waals surface area contributed by atoms with E-state index in [9.17, 15) is 10.1 Å². The number of non-ortho nitro benzene ring substituents is 1. The van der Waals surface area contributed by atoms with Crippen molar-refractivity contribution in [3.63, 3.8) is 0 Å². The standard InChI is InChI=1S/C15H12N2O2S/c1-11-3-2-4-12(7-11)10-20-15-6-5-14(17(18)19)8-13(15)9-16/h2-8H,10H2,1H3. The van der Waals surface area contributed by atoms with Crippen LogP contribution in [0.2, 0.25) is 0 Å². The summed E-state index contributed by atoms with van der Waals surface area (Å²) in [5, 5.41) is 19.8. The molecule has 20 heavy (non-hydrogen) atoms. The Balaban J connectivity index is 2.18. The van der Waals surface area contributed by atoms with Gasteiger partial charge < -0.3 is 0 Å².